The molecule has 0 aromatic heterocycles. The molecule has 552 valence electrons. The molecule has 0 radical (unpaired) electrons. The largest absolute Gasteiger partial charge is 0.472 e. The summed E-state index contributed by atoms with van der Waals surface area (Å²) in [6.07, 6.45) is 47.2. The predicted molar refractivity (Wildman–Crippen MR) is 377 cm³/mol. The van der Waals surface area contributed by atoms with E-state index in [0.717, 1.165) is 120 Å². The van der Waals surface area contributed by atoms with E-state index >= 15 is 0 Å². The molecule has 0 aromatic rings. The fourth-order valence-electron chi connectivity index (χ4n) is 11.2. The lowest BCUT2D eigenvalue weighted by Gasteiger charge is -2.21. The number of hydrogen-bond acceptors (Lipinski definition) is 15. The number of carbonyl (C=O) groups is 4. The maximum atomic E-state index is 13.1. The van der Waals surface area contributed by atoms with Gasteiger partial charge in [0.15, 0.2) is 12.2 Å². The van der Waals surface area contributed by atoms with Gasteiger partial charge in [-0.3, -0.25) is 37.3 Å². The highest BCUT2D eigenvalue weighted by atomic mass is 31.2. The van der Waals surface area contributed by atoms with Crippen LogP contribution < -0.4 is 0 Å². The Kier molecular flexibility index (Phi) is 62.2. The third kappa shape index (κ3) is 67.0. The van der Waals surface area contributed by atoms with E-state index in [2.05, 4.69) is 55.4 Å². The summed E-state index contributed by atoms with van der Waals surface area (Å²) in [5.41, 5.74) is 0. The maximum absolute atomic E-state index is 13.1. The Morgan fingerprint density at radius 3 is 0.763 bits per heavy atom. The Morgan fingerprint density at radius 2 is 0.516 bits per heavy atom. The number of ether oxygens (including phenoxy) is 4. The van der Waals surface area contributed by atoms with Crippen LogP contribution in [0.2, 0.25) is 0 Å². The molecule has 0 spiro atoms. The van der Waals surface area contributed by atoms with Crippen molar-refractivity contribution in [2.75, 3.05) is 39.6 Å². The quantitative estimate of drug-likeness (QED) is 0.0222. The van der Waals surface area contributed by atoms with Crippen molar-refractivity contribution < 1.29 is 80.2 Å². The number of unbranched alkanes of at least 4 members (excludes halogenated alkanes) is 36. The van der Waals surface area contributed by atoms with Crippen LogP contribution in [-0.2, 0) is 65.4 Å². The molecule has 0 saturated heterocycles. The number of aliphatic hydroxyl groups is 1. The van der Waals surface area contributed by atoms with Crippen LogP contribution in [0.1, 0.15) is 370 Å². The minimum Gasteiger partial charge on any atom is -0.462 e. The van der Waals surface area contributed by atoms with Crippen molar-refractivity contribution in [3.05, 3.63) is 0 Å². The van der Waals surface area contributed by atoms with Crippen LogP contribution >= 0.6 is 15.6 Å². The highest BCUT2D eigenvalue weighted by Gasteiger charge is 2.30. The van der Waals surface area contributed by atoms with Crippen LogP contribution in [0.15, 0.2) is 0 Å². The second-order valence-electron chi connectivity index (χ2n) is 28.4. The summed E-state index contributed by atoms with van der Waals surface area (Å²) in [6, 6.07) is 0. The lowest BCUT2D eigenvalue weighted by molar-refractivity contribution is -0.161. The molecule has 0 fully saturated rings. The lowest BCUT2D eigenvalue weighted by Crippen LogP contribution is -2.30. The molecule has 3 N–H and O–H groups in total. The topological polar surface area (TPSA) is 237 Å². The van der Waals surface area contributed by atoms with E-state index < -0.39 is 97.5 Å². The highest BCUT2D eigenvalue weighted by Crippen LogP contribution is 2.45. The van der Waals surface area contributed by atoms with Gasteiger partial charge < -0.3 is 33.8 Å². The molecule has 0 rings (SSSR count). The van der Waals surface area contributed by atoms with Gasteiger partial charge in [0.2, 0.25) is 0 Å². The second-order valence-corrected chi connectivity index (χ2v) is 31.3. The first-order valence-corrected chi connectivity index (χ1v) is 41.2. The second kappa shape index (κ2) is 63.5. The van der Waals surface area contributed by atoms with Gasteiger partial charge in [0.25, 0.3) is 0 Å². The molecule has 17 nitrogen and oxygen atoms in total. The standard InChI is InChI=1S/C74H144O17P2/c1-9-67(8)53-45-37-32-33-39-47-55-72(77)85-61-70(91-74(79)57-49-41-31-25-19-17-22-28-36-44-52-66(6)7)63-89-93(82,83)87-59-68(75)58-86-92(80,81)88-62-69(90-73(78)56-48-40-30-24-18-16-21-27-35-43-51-65(4)5)60-84-71(76)54-46-38-29-23-15-13-11-10-12-14-20-26-34-42-50-64(2)3/h64-70,75H,9-63H2,1-8H3,(H,80,81)(H,82,83)/t67?,68-,69-,70-/m1/s1. The molecule has 3 unspecified atom stereocenters. The zero-order valence-corrected chi connectivity index (χ0v) is 62.7. The molecule has 6 atom stereocenters. The van der Waals surface area contributed by atoms with E-state index in [4.69, 9.17) is 37.0 Å². The first-order valence-electron chi connectivity index (χ1n) is 38.2. The lowest BCUT2D eigenvalue weighted by atomic mass is 10.00. The number of carbonyl (C=O) groups excluding carboxylic acids is 4. The minimum absolute atomic E-state index is 0.105. The van der Waals surface area contributed by atoms with Crippen LogP contribution in [0, 0.1) is 23.7 Å². The van der Waals surface area contributed by atoms with E-state index in [1.165, 1.54) is 167 Å². The molecule has 0 aromatic carbocycles. The Bertz CT molecular complexity index is 1840. The van der Waals surface area contributed by atoms with Gasteiger partial charge in [0, 0.05) is 25.7 Å². The summed E-state index contributed by atoms with van der Waals surface area (Å²) in [7, 11) is -9.91. The molecule has 93 heavy (non-hydrogen) atoms. The van der Waals surface area contributed by atoms with E-state index in [1.807, 2.05) is 0 Å². The zero-order chi connectivity index (χ0) is 68.9. The summed E-state index contributed by atoms with van der Waals surface area (Å²) >= 11 is 0. The van der Waals surface area contributed by atoms with Crippen molar-refractivity contribution in [3.8, 4) is 0 Å². The van der Waals surface area contributed by atoms with Crippen molar-refractivity contribution in [1.29, 1.82) is 0 Å². The summed E-state index contributed by atoms with van der Waals surface area (Å²) in [6.45, 7) is 14.1. The number of phosphoric acid groups is 2. The molecule has 0 aliphatic heterocycles. The molecule has 19 heteroatoms. The van der Waals surface area contributed by atoms with Crippen LogP contribution in [-0.4, -0.2) is 96.7 Å². The summed E-state index contributed by atoms with van der Waals surface area (Å²) in [5, 5.41) is 10.6. The fraction of sp³-hybridized carbons (Fsp3) is 0.946. The van der Waals surface area contributed by atoms with Crippen molar-refractivity contribution in [2.45, 2.75) is 388 Å². The molecule has 0 heterocycles. The van der Waals surface area contributed by atoms with Gasteiger partial charge in [-0.15, -0.1) is 0 Å². The van der Waals surface area contributed by atoms with E-state index in [1.54, 1.807) is 0 Å². The molecular formula is C74H144O17P2. The zero-order valence-electron chi connectivity index (χ0n) is 60.9. The average molecular weight is 1370 g/mol. The van der Waals surface area contributed by atoms with Crippen LogP contribution in [0.5, 0.6) is 0 Å². The predicted octanol–water partition coefficient (Wildman–Crippen LogP) is 21.3. The van der Waals surface area contributed by atoms with Crippen molar-refractivity contribution in [2.24, 2.45) is 23.7 Å². The summed E-state index contributed by atoms with van der Waals surface area (Å²) in [4.78, 5) is 72.7. The Labute approximate surface area is 568 Å². The smallest absolute Gasteiger partial charge is 0.462 e. The number of esters is 4. The average Bonchev–Trinajstić information content (AvgIpc) is 3.73. The van der Waals surface area contributed by atoms with Gasteiger partial charge in [-0.1, -0.05) is 319 Å². The van der Waals surface area contributed by atoms with E-state index in [-0.39, 0.29) is 25.7 Å². The van der Waals surface area contributed by atoms with E-state index in [9.17, 15) is 43.2 Å². The van der Waals surface area contributed by atoms with Gasteiger partial charge in [0.1, 0.15) is 19.3 Å². The molecule has 0 saturated carbocycles. The monoisotopic (exact) mass is 1370 g/mol. The molecular weight excluding hydrogens is 1220 g/mol. The third-order valence-electron chi connectivity index (χ3n) is 17.4. The van der Waals surface area contributed by atoms with Gasteiger partial charge in [-0.25, -0.2) is 9.13 Å². The van der Waals surface area contributed by atoms with Crippen LogP contribution in [0.3, 0.4) is 0 Å². The Hall–Kier alpha value is -1.94. The van der Waals surface area contributed by atoms with Gasteiger partial charge >= 0.3 is 39.5 Å². The fourth-order valence-corrected chi connectivity index (χ4v) is 12.7. The van der Waals surface area contributed by atoms with Crippen LogP contribution in [0.25, 0.3) is 0 Å². The van der Waals surface area contributed by atoms with Gasteiger partial charge in [-0.2, -0.15) is 0 Å². The Balaban J connectivity index is 5.25. The number of aliphatic hydroxyl groups excluding tert-OH is 1. The maximum Gasteiger partial charge on any atom is 0.472 e. The number of hydrogen-bond donors (Lipinski definition) is 3. The Morgan fingerprint density at radius 1 is 0.301 bits per heavy atom. The van der Waals surface area contributed by atoms with Crippen molar-refractivity contribution in [3.63, 3.8) is 0 Å². The normalized spacial score (nSPS) is 14.5. The first-order chi connectivity index (χ1) is 44.6. The van der Waals surface area contributed by atoms with Crippen molar-refractivity contribution in [1.82, 2.24) is 0 Å². The molecule has 0 aliphatic rings. The number of rotatable bonds is 71. The SMILES string of the molecule is CCC(C)CCCCCCCCC(=O)OC[C@H](COP(=O)(O)OC[C@H](O)COP(=O)(O)OC[C@@H](COC(=O)CCCCCCCCCCCCCCCCC(C)C)OC(=O)CCCCCCCCCCCCC(C)C)OC(=O)CCCCCCCCCCCCC(C)C. The summed E-state index contributed by atoms with van der Waals surface area (Å²) in [5.74, 6) is 0.910. The molecule has 0 bridgehead atoms. The summed E-state index contributed by atoms with van der Waals surface area (Å²) < 4.78 is 68.4. The van der Waals surface area contributed by atoms with Crippen LogP contribution in [0.4, 0.5) is 0 Å². The molecule has 0 aliphatic carbocycles. The van der Waals surface area contributed by atoms with E-state index in [0.29, 0.717) is 25.7 Å². The molecule has 0 amide bonds. The highest BCUT2D eigenvalue weighted by molar-refractivity contribution is 7.47. The van der Waals surface area contributed by atoms with Gasteiger partial charge in [-0.05, 0) is 49.4 Å². The van der Waals surface area contributed by atoms with Crippen molar-refractivity contribution >= 4 is 39.5 Å². The third-order valence-corrected chi connectivity index (χ3v) is 19.3. The number of phosphoric ester groups is 2. The first kappa shape index (κ1) is 91.1. The minimum atomic E-state index is -4.96. The van der Waals surface area contributed by atoms with Gasteiger partial charge in [0.05, 0.1) is 26.4 Å².